The van der Waals surface area contributed by atoms with Gasteiger partial charge in [-0.25, -0.2) is 0 Å². The minimum atomic E-state index is 1.21. The highest BCUT2D eigenvalue weighted by Crippen LogP contribution is 2.20. The summed E-state index contributed by atoms with van der Waals surface area (Å²) in [5, 5.41) is 0. The molecular formula is C9H9N. The smallest absolute Gasteiger partial charge is 0.0453 e. The van der Waals surface area contributed by atoms with Gasteiger partial charge in [0.05, 0.1) is 0 Å². The van der Waals surface area contributed by atoms with Crippen LogP contribution in [0.1, 0.15) is 5.56 Å². The number of H-pyrrole nitrogens is 1. The fraction of sp³-hybridized carbons (Fsp3) is 0.111. The molecule has 1 aliphatic heterocycles. The molecule has 0 spiro atoms. The van der Waals surface area contributed by atoms with Gasteiger partial charge in [0.2, 0.25) is 0 Å². The number of aryl methyl sites for hydroxylation is 1. The van der Waals surface area contributed by atoms with E-state index in [2.05, 4.69) is 36.2 Å². The van der Waals surface area contributed by atoms with Crippen LogP contribution in [0.2, 0.25) is 0 Å². The van der Waals surface area contributed by atoms with E-state index in [0.717, 1.165) is 0 Å². The summed E-state index contributed by atoms with van der Waals surface area (Å²) < 4.78 is 0. The number of aromatic amines is 1. The van der Waals surface area contributed by atoms with Gasteiger partial charge in [-0.1, -0.05) is 12.1 Å². The Bertz CT molecular complexity index is 309. The maximum atomic E-state index is 3.20. The molecule has 2 aliphatic rings. The zero-order chi connectivity index (χ0) is 6.97. The number of hydrogen-bond acceptors (Lipinski definition) is 0. The molecule has 0 fully saturated rings. The van der Waals surface area contributed by atoms with Gasteiger partial charge in [0, 0.05) is 11.9 Å². The summed E-state index contributed by atoms with van der Waals surface area (Å²) in [6.07, 6.45) is 2.02. The lowest BCUT2D eigenvalue weighted by molar-refractivity contribution is 1.28. The molecular weight excluding hydrogens is 122 g/mol. The Hall–Kier alpha value is -1.24. The first-order valence-electron chi connectivity index (χ1n) is 3.40. The predicted octanol–water partition coefficient (Wildman–Crippen LogP) is 2.43. The number of aromatic nitrogens is 1. The summed E-state index contributed by atoms with van der Waals surface area (Å²) in [6, 6.07) is 8.42. The van der Waals surface area contributed by atoms with E-state index in [1.54, 1.807) is 0 Å². The average molecular weight is 131 g/mol. The molecule has 10 heavy (non-hydrogen) atoms. The zero-order valence-corrected chi connectivity index (χ0v) is 5.89. The monoisotopic (exact) mass is 131 g/mol. The molecule has 1 heteroatoms. The Labute approximate surface area is 60.0 Å². The van der Waals surface area contributed by atoms with Crippen LogP contribution < -0.4 is 0 Å². The summed E-state index contributed by atoms with van der Waals surface area (Å²) in [7, 11) is 0. The molecule has 50 valence electrons. The quantitative estimate of drug-likeness (QED) is 0.565. The van der Waals surface area contributed by atoms with Crippen LogP contribution in [-0.4, -0.2) is 4.98 Å². The lowest BCUT2D eigenvalue weighted by Gasteiger charge is -1.98. The van der Waals surface area contributed by atoms with Gasteiger partial charge in [-0.15, -0.1) is 0 Å². The zero-order valence-electron chi connectivity index (χ0n) is 5.89. The fourth-order valence-electron chi connectivity index (χ4n) is 1.17. The summed E-state index contributed by atoms with van der Waals surface area (Å²) in [4.78, 5) is 3.20. The van der Waals surface area contributed by atoms with E-state index in [1.807, 2.05) is 6.20 Å². The van der Waals surface area contributed by atoms with Gasteiger partial charge >= 0.3 is 0 Å². The van der Waals surface area contributed by atoms with Gasteiger partial charge in [0.15, 0.2) is 0 Å². The van der Waals surface area contributed by atoms with Gasteiger partial charge in [-0.3, -0.25) is 0 Å². The first-order chi connectivity index (χ1) is 4.86. The third kappa shape index (κ3) is 0.711. The summed E-state index contributed by atoms with van der Waals surface area (Å²) >= 11 is 0. The molecule has 1 nitrogen and oxygen atoms in total. The van der Waals surface area contributed by atoms with Gasteiger partial charge in [0.1, 0.15) is 0 Å². The molecule has 0 atom stereocenters. The van der Waals surface area contributed by atoms with Crippen molar-refractivity contribution in [3.63, 3.8) is 0 Å². The molecule has 1 N–H and O–H groups in total. The Morgan fingerprint density at radius 1 is 1.30 bits per heavy atom. The number of nitrogens with one attached hydrogen (secondary N) is 1. The Balaban J connectivity index is 2.75. The minimum Gasteiger partial charge on any atom is -0.361 e. The second-order valence-corrected chi connectivity index (χ2v) is 2.57. The predicted molar refractivity (Wildman–Crippen MR) is 42.2 cm³/mol. The average Bonchev–Trinajstić information content (AvgIpc) is 2.33. The molecule has 0 radical (unpaired) electrons. The van der Waals surface area contributed by atoms with Crippen molar-refractivity contribution < 1.29 is 0 Å². The van der Waals surface area contributed by atoms with Crippen molar-refractivity contribution in [2.75, 3.05) is 0 Å². The van der Waals surface area contributed by atoms with E-state index in [9.17, 15) is 0 Å². The van der Waals surface area contributed by atoms with Gasteiger partial charge in [-0.2, -0.15) is 0 Å². The van der Waals surface area contributed by atoms with Crippen molar-refractivity contribution in [1.29, 1.82) is 0 Å². The number of hydrogen-bond donors (Lipinski definition) is 1. The molecule has 1 aliphatic carbocycles. The maximum Gasteiger partial charge on any atom is 0.0453 e. The first-order valence-corrected chi connectivity index (χ1v) is 3.40. The van der Waals surface area contributed by atoms with Gasteiger partial charge in [0.25, 0.3) is 0 Å². The van der Waals surface area contributed by atoms with Crippen LogP contribution in [0.4, 0.5) is 0 Å². The second kappa shape index (κ2) is 1.87. The van der Waals surface area contributed by atoms with Crippen molar-refractivity contribution in [1.82, 2.24) is 4.98 Å². The van der Waals surface area contributed by atoms with E-state index in [-0.39, 0.29) is 0 Å². The Kier molecular flexibility index (Phi) is 1.04. The maximum absolute atomic E-state index is 3.20. The van der Waals surface area contributed by atoms with Crippen molar-refractivity contribution in [2.24, 2.45) is 0 Å². The van der Waals surface area contributed by atoms with Crippen LogP contribution in [0.5, 0.6) is 0 Å². The topological polar surface area (TPSA) is 15.8 Å². The van der Waals surface area contributed by atoms with Gasteiger partial charge < -0.3 is 4.98 Å². The van der Waals surface area contributed by atoms with Gasteiger partial charge in [-0.05, 0) is 30.2 Å². The molecule has 0 unspecified atom stereocenters. The molecule has 0 aromatic carbocycles. The second-order valence-electron chi connectivity index (χ2n) is 2.57. The molecule has 1 heterocycles. The summed E-state index contributed by atoms with van der Waals surface area (Å²) in [5.74, 6) is 0. The molecule has 0 saturated heterocycles. The number of fused-ring (bicyclic) bond motifs is 1. The lowest BCUT2D eigenvalue weighted by Crippen LogP contribution is -1.80. The van der Waals surface area contributed by atoms with Crippen molar-refractivity contribution in [3.8, 4) is 11.3 Å². The van der Waals surface area contributed by atoms with Crippen LogP contribution in [0.25, 0.3) is 11.3 Å². The standard InChI is InChI=1S/C9H9N/c1-7-5-8-3-2-4-9(8)10-6-7/h2-6,10H,1H3. The third-order valence-corrected chi connectivity index (χ3v) is 1.69. The molecule has 2 rings (SSSR count). The molecule has 0 amide bonds. The number of rotatable bonds is 0. The fourth-order valence-corrected chi connectivity index (χ4v) is 1.17. The third-order valence-electron chi connectivity index (χ3n) is 1.69. The Morgan fingerprint density at radius 2 is 2.20 bits per heavy atom. The largest absolute Gasteiger partial charge is 0.361 e. The molecule has 0 bridgehead atoms. The van der Waals surface area contributed by atoms with E-state index in [0.29, 0.717) is 0 Å². The Morgan fingerprint density at radius 3 is 3.10 bits per heavy atom. The van der Waals surface area contributed by atoms with Crippen LogP contribution in [0.15, 0.2) is 30.5 Å². The van der Waals surface area contributed by atoms with Crippen molar-refractivity contribution in [2.45, 2.75) is 6.92 Å². The summed E-state index contributed by atoms with van der Waals surface area (Å²) in [6.45, 7) is 2.09. The van der Waals surface area contributed by atoms with Crippen molar-refractivity contribution >= 4 is 0 Å². The normalized spacial score (nSPS) is 10.5. The molecule has 0 aromatic heterocycles. The number of pyridine rings is 1. The van der Waals surface area contributed by atoms with Crippen LogP contribution >= 0.6 is 0 Å². The highest BCUT2D eigenvalue weighted by molar-refractivity contribution is 5.62. The van der Waals surface area contributed by atoms with Crippen LogP contribution in [0, 0.1) is 6.92 Å². The lowest BCUT2D eigenvalue weighted by atomic mass is 10.2. The molecule has 0 aromatic rings. The highest BCUT2D eigenvalue weighted by atomic mass is 14.7. The SMILES string of the molecule is Cc1c[nH]c2cccc-2c1. The summed E-state index contributed by atoms with van der Waals surface area (Å²) in [5.41, 5.74) is 3.78. The molecule has 0 saturated carbocycles. The highest BCUT2D eigenvalue weighted by Gasteiger charge is 1.98. The van der Waals surface area contributed by atoms with E-state index >= 15 is 0 Å². The van der Waals surface area contributed by atoms with Crippen LogP contribution in [0.3, 0.4) is 0 Å². The van der Waals surface area contributed by atoms with E-state index in [4.69, 9.17) is 0 Å². The van der Waals surface area contributed by atoms with E-state index in [1.165, 1.54) is 16.8 Å². The first kappa shape index (κ1) is 5.54. The minimum absolute atomic E-state index is 1.21. The van der Waals surface area contributed by atoms with Crippen molar-refractivity contribution in [3.05, 3.63) is 36.0 Å². The van der Waals surface area contributed by atoms with Crippen LogP contribution in [-0.2, 0) is 0 Å². The van der Waals surface area contributed by atoms with E-state index < -0.39 is 0 Å².